The number of aryl methyl sites for hydroxylation is 2. The maximum absolute atomic E-state index is 5.31. The number of methoxy groups -OCH3 is 1. The van der Waals surface area contributed by atoms with Gasteiger partial charge >= 0.3 is 0 Å². The van der Waals surface area contributed by atoms with Crippen LogP contribution in [-0.2, 0) is 0 Å². The Hall–Kier alpha value is -2.10. The van der Waals surface area contributed by atoms with Gasteiger partial charge in [-0.05, 0) is 25.8 Å². The lowest BCUT2D eigenvalue weighted by Gasteiger charge is -2.18. The molecule has 1 aromatic heterocycles. The number of anilines is 1. The lowest BCUT2D eigenvalue weighted by Crippen LogP contribution is -2.15. The van der Waals surface area contributed by atoms with Gasteiger partial charge in [0.15, 0.2) is 5.75 Å². The van der Waals surface area contributed by atoms with Crippen LogP contribution >= 0.6 is 0 Å². The molecule has 0 spiro atoms. The van der Waals surface area contributed by atoms with E-state index in [0.29, 0.717) is 11.9 Å². The number of benzene rings is 1. The summed E-state index contributed by atoms with van der Waals surface area (Å²) in [4.78, 5) is 8.97. The minimum Gasteiger partial charge on any atom is -0.493 e. The van der Waals surface area contributed by atoms with Crippen molar-refractivity contribution in [2.24, 2.45) is 0 Å². The number of nitrogens with zero attached hydrogens (tertiary/aromatic N) is 2. The van der Waals surface area contributed by atoms with Crippen LogP contribution in [-0.4, -0.2) is 23.6 Å². The molecule has 0 saturated carbocycles. The largest absolute Gasteiger partial charge is 0.493 e. The summed E-state index contributed by atoms with van der Waals surface area (Å²) in [5.74, 6) is 1.91. The second-order valence-electron chi connectivity index (χ2n) is 5.53. The highest BCUT2D eigenvalue weighted by Crippen LogP contribution is 2.23. The van der Waals surface area contributed by atoms with Crippen molar-refractivity contribution in [3.63, 3.8) is 0 Å². The molecule has 1 N–H and O–H groups in total. The van der Waals surface area contributed by atoms with Crippen molar-refractivity contribution in [3.8, 4) is 5.75 Å². The van der Waals surface area contributed by atoms with Gasteiger partial charge in [0.2, 0.25) is 5.95 Å². The van der Waals surface area contributed by atoms with Gasteiger partial charge in [0.1, 0.15) is 0 Å². The van der Waals surface area contributed by atoms with Crippen LogP contribution in [0.2, 0.25) is 0 Å². The van der Waals surface area contributed by atoms with Crippen LogP contribution in [0.3, 0.4) is 0 Å². The first-order chi connectivity index (χ1) is 10.7. The van der Waals surface area contributed by atoms with Crippen molar-refractivity contribution in [3.05, 3.63) is 47.3 Å². The highest BCUT2D eigenvalue weighted by molar-refractivity contribution is 5.38. The molecule has 4 heteroatoms. The molecule has 1 heterocycles. The smallest absolute Gasteiger partial charge is 0.223 e. The summed E-state index contributed by atoms with van der Waals surface area (Å²) in [6.45, 7) is 6.94. The number of aromatic nitrogens is 2. The summed E-state index contributed by atoms with van der Waals surface area (Å²) in [7, 11) is 1.65. The fourth-order valence-corrected chi connectivity index (χ4v) is 2.76. The fourth-order valence-electron chi connectivity index (χ4n) is 2.76. The number of rotatable bonds is 7. The molecule has 0 bridgehead atoms. The minimum absolute atomic E-state index is 0.470. The van der Waals surface area contributed by atoms with E-state index in [0.717, 1.165) is 36.5 Å². The van der Waals surface area contributed by atoms with E-state index >= 15 is 0 Å². The topological polar surface area (TPSA) is 47.0 Å². The predicted molar refractivity (Wildman–Crippen MR) is 90.6 cm³/mol. The van der Waals surface area contributed by atoms with Crippen LogP contribution in [0.15, 0.2) is 30.3 Å². The molecule has 1 atom stereocenters. The van der Waals surface area contributed by atoms with Gasteiger partial charge in [-0.2, -0.15) is 0 Å². The Labute approximate surface area is 133 Å². The van der Waals surface area contributed by atoms with E-state index in [9.17, 15) is 0 Å². The van der Waals surface area contributed by atoms with Gasteiger partial charge in [0.25, 0.3) is 0 Å². The monoisotopic (exact) mass is 299 g/mol. The van der Waals surface area contributed by atoms with Crippen LogP contribution < -0.4 is 10.1 Å². The molecule has 2 rings (SSSR count). The number of ether oxygens (including phenoxy) is 1. The van der Waals surface area contributed by atoms with Crippen LogP contribution in [0.1, 0.15) is 42.6 Å². The Morgan fingerprint density at radius 2 is 1.73 bits per heavy atom. The molecule has 0 fully saturated rings. The van der Waals surface area contributed by atoms with Crippen LogP contribution in [0, 0.1) is 13.8 Å². The van der Waals surface area contributed by atoms with Crippen molar-refractivity contribution < 1.29 is 4.74 Å². The zero-order valence-electron chi connectivity index (χ0n) is 13.9. The van der Waals surface area contributed by atoms with E-state index in [1.165, 1.54) is 5.56 Å². The molecule has 2 aromatic rings. The first kappa shape index (κ1) is 16.3. The molecular weight excluding hydrogens is 274 g/mol. The number of hydrogen-bond acceptors (Lipinski definition) is 4. The van der Waals surface area contributed by atoms with E-state index in [1.807, 2.05) is 13.8 Å². The highest BCUT2D eigenvalue weighted by Gasteiger charge is 2.13. The Morgan fingerprint density at radius 3 is 2.27 bits per heavy atom. The van der Waals surface area contributed by atoms with Gasteiger partial charge in [0, 0.05) is 12.5 Å². The Bertz CT molecular complexity index is 576. The predicted octanol–water partition coefficient (Wildman–Crippen LogP) is 4.10. The summed E-state index contributed by atoms with van der Waals surface area (Å²) < 4.78 is 5.31. The van der Waals surface area contributed by atoms with E-state index in [2.05, 4.69) is 52.5 Å². The van der Waals surface area contributed by atoms with Crippen molar-refractivity contribution in [2.75, 3.05) is 19.0 Å². The molecule has 0 aliphatic heterocycles. The Balaban J connectivity index is 2.10. The van der Waals surface area contributed by atoms with Crippen molar-refractivity contribution in [2.45, 2.75) is 39.5 Å². The van der Waals surface area contributed by atoms with Crippen molar-refractivity contribution in [1.29, 1.82) is 0 Å². The van der Waals surface area contributed by atoms with E-state index < -0.39 is 0 Å². The molecule has 1 aromatic carbocycles. The number of hydrogen-bond donors (Lipinski definition) is 1. The standard InChI is InChI=1S/C18H25N3O/c1-5-9-16(15-10-7-6-8-11-15)12-19-18-20-13(2)17(22-4)14(3)21-18/h6-8,10-11,16H,5,9,12H2,1-4H3,(H,19,20,21). The van der Waals surface area contributed by atoms with Crippen LogP contribution in [0.5, 0.6) is 5.75 Å². The van der Waals surface area contributed by atoms with Crippen LogP contribution in [0.4, 0.5) is 5.95 Å². The summed E-state index contributed by atoms with van der Waals surface area (Å²) in [6.07, 6.45) is 2.30. The normalized spacial score (nSPS) is 12.0. The van der Waals surface area contributed by atoms with Crippen molar-refractivity contribution in [1.82, 2.24) is 9.97 Å². The van der Waals surface area contributed by atoms with E-state index in [-0.39, 0.29) is 0 Å². The average molecular weight is 299 g/mol. The zero-order chi connectivity index (χ0) is 15.9. The third-order valence-electron chi connectivity index (χ3n) is 3.82. The molecule has 118 valence electrons. The lowest BCUT2D eigenvalue weighted by atomic mass is 9.94. The van der Waals surface area contributed by atoms with Crippen LogP contribution in [0.25, 0.3) is 0 Å². The van der Waals surface area contributed by atoms with Gasteiger partial charge < -0.3 is 10.1 Å². The van der Waals surface area contributed by atoms with E-state index in [1.54, 1.807) is 7.11 Å². The average Bonchev–Trinajstić information content (AvgIpc) is 2.52. The Morgan fingerprint density at radius 1 is 1.09 bits per heavy atom. The Kier molecular flexibility index (Phi) is 5.75. The first-order valence-electron chi connectivity index (χ1n) is 7.83. The van der Waals surface area contributed by atoms with Gasteiger partial charge in [-0.15, -0.1) is 0 Å². The summed E-state index contributed by atoms with van der Waals surface area (Å²) in [5, 5.41) is 3.38. The quantitative estimate of drug-likeness (QED) is 0.836. The number of nitrogens with one attached hydrogen (secondary N) is 1. The highest BCUT2D eigenvalue weighted by atomic mass is 16.5. The molecule has 0 radical (unpaired) electrons. The molecule has 22 heavy (non-hydrogen) atoms. The fraction of sp³-hybridized carbons (Fsp3) is 0.444. The first-order valence-corrected chi connectivity index (χ1v) is 7.83. The third kappa shape index (κ3) is 3.97. The third-order valence-corrected chi connectivity index (χ3v) is 3.82. The zero-order valence-corrected chi connectivity index (χ0v) is 13.9. The molecule has 4 nitrogen and oxygen atoms in total. The SMILES string of the molecule is CCCC(CNc1nc(C)c(OC)c(C)n1)c1ccccc1. The molecular formula is C18H25N3O. The summed E-state index contributed by atoms with van der Waals surface area (Å²) in [5.41, 5.74) is 3.09. The molecule has 0 aliphatic carbocycles. The molecule has 0 saturated heterocycles. The maximum atomic E-state index is 5.31. The van der Waals surface area contributed by atoms with Gasteiger partial charge in [-0.1, -0.05) is 43.7 Å². The molecule has 0 aliphatic rings. The summed E-state index contributed by atoms with van der Waals surface area (Å²) in [6, 6.07) is 10.6. The summed E-state index contributed by atoms with van der Waals surface area (Å²) >= 11 is 0. The molecule has 1 unspecified atom stereocenters. The lowest BCUT2D eigenvalue weighted by molar-refractivity contribution is 0.403. The second kappa shape index (κ2) is 7.78. The van der Waals surface area contributed by atoms with Gasteiger partial charge in [0.05, 0.1) is 18.5 Å². The van der Waals surface area contributed by atoms with Crippen molar-refractivity contribution >= 4 is 5.95 Å². The molecule has 0 amide bonds. The van der Waals surface area contributed by atoms with Gasteiger partial charge in [-0.3, -0.25) is 0 Å². The second-order valence-corrected chi connectivity index (χ2v) is 5.53. The van der Waals surface area contributed by atoms with E-state index in [4.69, 9.17) is 4.74 Å². The minimum atomic E-state index is 0.470. The maximum Gasteiger partial charge on any atom is 0.223 e. The van der Waals surface area contributed by atoms with Gasteiger partial charge in [-0.25, -0.2) is 9.97 Å².